The minimum Gasteiger partial charge on any atom is -0.450 e. The third-order valence-corrected chi connectivity index (χ3v) is 7.37. The molecule has 1 amide bonds. The molecule has 1 saturated heterocycles. The van der Waals surface area contributed by atoms with E-state index in [1.54, 1.807) is 0 Å². The molecule has 5 rings (SSSR count). The molecule has 33 heavy (non-hydrogen) atoms. The second-order valence-corrected chi connectivity index (χ2v) is 9.94. The molecule has 0 radical (unpaired) electrons. The Bertz CT molecular complexity index is 1280. The molecule has 1 aromatic heterocycles. The summed E-state index contributed by atoms with van der Waals surface area (Å²) < 4.78 is 12.5. The molecule has 1 fully saturated rings. The lowest BCUT2D eigenvalue weighted by molar-refractivity contribution is -0.908. The van der Waals surface area contributed by atoms with Crippen molar-refractivity contribution in [2.75, 3.05) is 39.4 Å². The molecule has 2 aliphatic rings. The summed E-state index contributed by atoms with van der Waals surface area (Å²) in [4.78, 5) is 30.6. The summed E-state index contributed by atoms with van der Waals surface area (Å²) in [6, 6.07) is 11.1. The van der Waals surface area contributed by atoms with Crippen LogP contribution in [0.3, 0.4) is 0 Å². The summed E-state index contributed by atoms with van der Waals surface area (Å²) in [5.74, 6) is -0.0244. The first-order chi connectivity index (χ1) is 15.9. The van der Waals surface area contributed by atoms with E-state index in [4.69, 9.17) is 9.15 Å². The monoisotopic (exact) mass is 511 g/mol. The van der Waals surface area contributed by atoms with Crippen LogP contribution in [0.5, 0.6) is 0 Å². The zero-order valence-corrected chi connectivity index (χ0v) is 20.5. The van der Waals surface area contributed by atoms with Gasteiger partial charge in [-0.2, -0.15) is 0 Å². The van der Waals surface area contributed by atoms with Crippen LogP contribution in [-0.4, -0.2) is 50.2 Å². The zero-order chi connectivity index (χ0) is 23.1. The predicted octanol–water partition coefficient (Wildman–Crippen LogP) is 3.02. The molecule has 6 nitrogen and oxygen atoms in total. The van der Waals surface area contributed by atoms with E-state index < -0.39 is 6.04 Å². The molecule has 1 N–H and O–H groups in total. The topological polar surface area (TPSA) is 64.2 Å². The van der Waals surface area contributed by atoms with E-state index >= 15 is 0 Å². The first kappa shape index (κ1) is 22.3. The number of carbonyl (C=O) groups is 1. The maximum atomic E-state index is 13.7. The van der Waals surface area contributed by atoms with E-state index in [1.807, 2.05) is 55.1 Å². The number of hydrogen-bond acceptors (Lipinski definition) is 4. The van der Waals surface area contributed by atoms with Crippen molar-refractivity contribution in [3.8, 4) is 0 Å². The number of morpholine rings is 1. The van der Waals surface area contributed by atoms with Crippen molar-refractivity contribution in [3.63, 3.8) is 0 Å². The summed E-state index contributed by atoms with van der Waals surface area (Å²) in [5.41, 5.74) is 3.78. The van der Waals surface area contributed by atoms with Gasteiger partial charge in [0.25, 0.3) is 5.91 Å². The van der Waals surface area contributed by atoms with Crippen molar-refractivity contribution in [2.24, 2.45) is 0 Å². The minimum atomic E-state index is -0.452. The summed E-state index contributed by atoms with van der Waals surface area (Å²) in [5, 5.41) is 0.532. The molecular weight excluding hydrogens is 484 g/mol. The molecule has 0 spiro atoms. The number of fused-ring (bicyclic) bond motifs is 2. The molecule has 2 aliphatic heterocycles. The van der Waals surface area contributed by atoms with Crippen LogP contribution < -0.4 is 10.3 Å². The van der Waals surface area contributed by atoms with Gasteiger partial charge in [-0.05, 0) is 54.8 Å². The molecular formula is C26H28BrN2O4+. The van der Waals surface area contributed by atoms with Crippen LogP contribution in [0, 0.1) is 13.8 Å². The fraction of sp³-hybridized carbons (Fsp3) is 0.385. The second-order valence-electron chi connectivity index (χ2n) is 9.03. The van der Waals surface area contributed by atoms with Gasteiger partial charge in [0.15, 0.2) is 5.43 Å². The third kappa shape index (κ3) is 4.14. The normalized spacial score (nSPS) is 18.8. The van der Waals surface area contributed by atoms with Crippen LogP contribution in [0.4, 0.5) is 0 Å². The highest BCUT2D eigenvalue weighted by Gasteiger charge is 2.42. The average molecular weight is 512 g/mol. The number of carbonyl (C=O) groups excluding carboxylic acids is 1. The van der Waals surface area contributed by atoms with Crippen molar-refractivity contribution in [1.29, 1.82) is 0 Å². The SMILES string of the molecule is Cc1cc2oc3c(c(=O)c2cc1C)[C@H](c1cccc(Br)c1)N(CCC[NH+]1CCOCC1)C3=O. The smallest absolute Gasteiger partial charge is 0.290 e. The minimum absolute atomic E-state index is 0.117. The summed E-state index contributed by atoms with van der Waals surface area (Å²) in [6.07, 6.45) is 0.853. The van der Waals surface area contributed by atoms with Crippen LogP contribution in [0.1, 0.15) is 45.3 Å². The molecule has 0 saturated carbocycles. The number of quaternary nitrogens is 1. The third-order valence-electron chi connectivity index (χ3n) is 6.88. The quantitative estimate of drug-likeness (QED) is 0.571. The van der Waals surface area contributed by atoms with Crippen LogP contribution in [-0.2, 0) is 4.74 Å². The number of rotatable bonds is 5. The van der Waals surface area contributed by atoms with Crippen LogP contribution in [0.25, 0.3) is 11.0 Å². The molecule has 2 aromatic carbocycles. The van der Waals surface area contributed by atoms with Gasteiger partial charge in [-0.25, -0.2) is 0 Å². The van der Waals surface area contributed by atoms with Crippen LogP contribution >= 0.6 is 15.9 Å². The van der Waals surface area contributed by atoms with Gasteiger partial charge >= 0.3 is 0 Å². The van der Waals surface area contributed by atoms with Gasteiger partial charge in [0.2, 0.25) is 5.76 Å². The largest absolute Gasteiger partial charge is 0.450 e. The fourth-order valence-electron chi connectivity index (χ4n) is 4.94. The highest BCUT2D eigenvalue weighted by molar-refractivity contribution is 9.10. The lowest BCUT2D eigenvalue weighted by atomic mass is 9.97. The highest BCUT2D eigenvalue weighted by Crippen LogP contribution is 2.39. The molecule has 0 unspecified atom stereocenters. The summed E-state index contributed by atoms with van der Waals surface area (Å²) in [7, 11) is 0. The maximum Gasteiger partial charge on any atom is 0.290 e. The molecule has 0 bridgehead atoms. The lowest BCUT2D eigenvalue weighted by Crippen LogP contribution is -3.14. The van der Waals surface area contributed by atoms with E-state index in [-0.39, 0.29) is 17.1 Å². The predicted molar refractivity (Wildman–Crippen MR) is 130 cm³/mol. The second kappa shape index (κ2) is 9.05. The van der Waals surface area contributed by atoms with Crippen molar-refractivity contribution in [1.82, 2.24) is 4.90 Å². The number of nitrogens with zero attached hydrogens (tertiary/aromatic N) is 1. The molecule has 3 aromatic rings. The van der Waals surface area contributed by atoms with Crippen LogP contribution in [0.15, 0.2) is 50.1 Å². The van der Waals surface area contributed by atoms with Gasteiger partial charge in [0.1, 0.15) is 18.7 Å². The van der Waals surface area contributed by atoms with Gasteiger partial charge in [0.05, 0.1) is 36.8 Å². The lowest BCUT2D eigenvalue weighted by Gasteiger charge is -2.27. The zero-order valence-electron chi connectivity index (χ0n) is 18.9. The van der Waals surface area contributed by atoms with Gasteiger partial charge in [-0.1, -0.05) is 28.1 Å². The van der Waals surface area contributed by atoms with Gasteiger partial charge in [0, 0.05) is 17.4 Å². The number of hydrogen-bond donors (Lipinski definition) is 1. The van der Waals surface area contributed by atoms with E-state index in [9.17, 15) is 9.59 Å². The molecule has 7 heteroatoms. The number of nitrogens with one attached hydrogen (secondary N) is 1. The molecule has 0 aliphatic carbocycles. The summed E-state index contributed by atoms with van der Waals surface area (Å²) >= 11 is 3.54. The van der Waals surface area contributed by atoms with E-state index in [0.717, 1.165) is 60.4 Å². The van der Waals surface area contributed by atoms with Crippen LogP contribution in [0.2, 0.25) is 0 Å². The standard InChI is InChI=1S/C26H27BrN2O4/c1-16-13-20-21(14-17(16)2)33-25-22(24(20)30)23(18-5-3-6-19(27)15-18)29(26(25)31)8-4-7-28-9-11-32-12-10-28/h3,5-6,13-15,23H,4,7-12H2,1-2H3/p+1/t23-/m0/s1. The number of aryl methyl sites for hydroxylation is 2. The number of ether oxygens (including phenoxy) is 1. The molecule has 1 atom stereocenters. The number of halogens is 1. The fourth-order valence-corrected chi connectivity index (χ4v) is 5.36. The Balaban J connectivity index is 1.56. The Morgan fingerprint density at radius 3 is 2.61 bits per heavy atom. The van der Waals surface area contributed by atoms with E-state index in [1.165, 1.54) is 4.90 Å². The summed E-state index contributed by atoms with van der Waals surface area (Å²) in [6.45, 7) is 9.06. The van der Waals surface area contributed by atoms with Gasteiger partial charge in [-0.3, -0.25) is 9.59 Å². The first-order valence-electron chi connectivity index (χ1n) is 11.5. The average Bonchev–Trinajstić information content (AvgIpc) is 3.08. The highest BCUT2D eigenvalue weighted by atomic mass is 79.9. The van der Waals surface area contributed by atoms with Crippen molar-refractivity contribution >= 4 is 32.8 Å². The Hall–Kier alpha value is -2.48. The molecule has 3 heterocycles. The van der Waals surface area contributed by atoms with E-state index in [2.05, 4.69) is 15.9 Å². The van der Waals surface area contributed by atoms with Crippen molar-refractivity contribution in [2.45, 2.75) is 26.3 Å². The number of benzene rings is 2. The van der Waals surface area contributed by atoms with E-state index in [0.29, 0.717) is 23.1 Å². The Kier molecular flexibility index (Phi) is 6.12. The maximum absolute atomic E-state index is 13.7. The number of amides is 1. The Morgan fingerprint density at radius 2 is 1.85 bits per heavy atom. The first-order valence-corrected chi connectivity index (χ1v) is 12.3. The van der Waals surface area contributed by atoms with Crippen molar-refractivity contribution < 1.29 is 18.8 Å². The molecule has 172 valence electrons. The van der Waals surface area contributed by atoms with Crippen molar-refractivity contribution in [3.05, 3.63) is 79.1 Å². The van der Waals surface area contributed by atoms with Gasteiger partial charge < -0.3 is 19.0 Å². The van der Waals surface area contributed by atoms with Gasteiger partial charge in [-0.15, -0.1) is 0 Å². The Labute approximate surface area is 201 Å². The Morgan fingerprint density at radius 1 is 1.09 bits per heavy atom.